The average molecular weight is 387 g/mol. The van der Waals surface area contributed by atoms with Gasteiger partial charge in [-0.3, -0.25) is 0 Å². The van der Waals surface area contributed by atoms with E-state index in [0.29, 0.717) is 22.8 Å². The lowest BCUT2D eigenvalue weighted by molar-refractivity contribution is -0.139. The molecule has 2 aromatic carbocycles. The van der Waals surface area contributed by atoms with Crippen molar-refractivity contribution in [2.45, 2.75) is 24.5 Å². The lowest BCUT2D eigenvalue weighted by Crippen LogP contribution is -2.09. The van der Waals surface area contributed by atoms with Gasteiger partial charge in [0, 0.05) is 10.6 Å². The lowest BCUT2D eigenvalue weighted by Gasteiger charge is -2.08. The van der Waals surface area contributed by atoms with Crippen molar-refractivity contribution in [2.24, 2.45) is 0 Å². The second-order valence-corrected chi connectivity index (χ2v) is 7.04. The number of thioether (sulfide) groups is 1. The second kappa shape index (κ2) is 8.22. The molecule has 1 aromatic heterocycles. The molecular formula is C19H18FN3O3S. The summed E-state index contributed by atoms with van der Waals surface area (Å²) in [7, 11) is 0. The van der Waals surface area contributed by atoms with Gasteiger partial charge in [-0.2, -0.15) is 0 Å². The maximum atomic E-state index is 13.7. The molecule has 0 aliphatic heterocycles. The minimum absolute atomic E-state index is 0.278. The van der Waals surface area contributed by atoms with Gasteiger partial charge >= 0.3 is 5.97 Å². The number of hydrogen-bond acceptors (Lipinski definition) is 5. The van der Waals surface area contributed by atoms with E-state index in [-0.39, 0.29) is 12.4 Å². The Morgan fingerprint density at radius 1 is 1.22 bits per heavy atom. The monoisotopic (exact) mass is 387 g/mol. The minimum Gasteiger partial charge on any atom is -0.482 e. The Hall–Kier alpha value is -2.87. The molecule has 0 atom stereocenters. The van der Waals surface area contributed by atoms with E-state index in [2.05, 4.69) is 10.3 Å². The smallest absolute Gasteiger partial charge is 0.341 e. The van der Waals surface area contributed by atoms with Crippen LogP contribution in [0.15, 0.2) is 47.5 Å². The van der Waals surface area contributed by atoms with Crippen LogP contribution in [0.5, 0.6) is 5.75 Å². The van der Waals surface area contributed by atoms with Crippen LogP contribution >= 0.6 is 11.8 Å². The van der Waals surface area contributed by atoms with E-state index >= 15 is 0 Å². The van der Waals surface area contributed by atoms with Crippen molar-refractivity contribution in [1.29, 1.82) is 0 Å². The third kappa shape index (κ3) is 4.85. The summed E-state index contributed by atoms with van der Waals surface area (Å²) in [4.78, 5) is 11.6. The number of carboxylic acids is 1. The fourth-order valence-electron chi connectivity index (χ4n) is 2.39. The summed E-state index contributed by atoms with van der Waals surface area (Å²) in [6, 6.07) is 10.5. The Morgan fingerprint density at radius 2 is 2.04 bits per heavy atom. The van der Waals surface area contributed by atoms with Gasteiger partial charge in [-0.25, -0.2) is 13.9 Å². The second-order valence-electron chi connectivity index (χ2n) is 5.99. The molecule has 0 radical (unpaired) electrons. The van der Waals surface area contributed by atoms with Crippen molar-refractivity contribution in [1.82, 2.24) is 15.0 Å². The van der Waals surface area contributed by atoms with Crippen LogP contribution < -0.4 is 4.74 Å². The minimum atomic E-state index is -1.01. The lowest BCUT2D eigenvalue weighted by atomic mass is 10.2. The van der Waals surface area contributed by atoms with Gasteiger partial charge in [-0.05, 0) is 55.3 Å². The quantitative estimate of drug-likeness (QED) is 0.622. The predicted molar refractivity (Wildman–Crippen MR) is 99.9 cm³/mol. The summed E-state index contributed by atoms with van der Waals surface area (Å²) in [5.41, 5.74) is 2.84. The van der Waals surface area contributed by atoms with Crippen LogP contribution in [-0.4, -0.2) is 32.7 Å². The fourth-order valence-corrected chi connectivity index (χ4v) is 3.26. The van der Waals surface area contributed by atoms with E-state index < -0.39 is 5.97 Å². The van der Waals surface area contributed by atoms with Crippen LogP contribution in [0.3, 0.4) is 0 Å². The van der Waals surface area contributed by atoms with Crippen molar-refractivity contribution in [3.63, 3.8) is 0 Å². The first-order valence-corrected chi connectivity index (χ1v) is 9.17. The number of carboxylic acid groups (broad SMARTS) is 1. The van der Waals surface area contributed by atoms with Crippen LogP contribution in [0.4, 0.5) is 4.39 Å². The summed E-state index contributed by atoms with van der Waals surface area (Å²) in [5.74, 6) is -0.138. The van der Waals surface area contributed by atoms with Gasteiger partial charge in [0.2, 0.25) is 0 Å². The van der Waals surface area contributed by atoms with Gasteiger partial charge in [-0.1, -0.05) is 11.3 Å². The van der Waals surface area contributed by atoms with E-state index in [0.717, 1.165) is 16.2 Å². The van der Waals surface area contributed by atoms with Gasteiger partial charge in [0.1, 0.15) is 11.6 Å². The Balaban J connectivity index is 1.63. The number of ether oxygens (including phenoxy) is 1. The SMILES string of the molecule is Cc1ccc(-n2cc(CSc3ccc(OCC(=O)O)c(C)c3)nn2)cc1F. The Bertz CT molecular complexity index is 975. The van der Waals surface area contributed by atoms with Gasteiger partial charge in [-0.15, -0.1) is 16.9 Å². The molecule has 140 valence electrons. The number of benzene rings is 2. The molecule has 0 saturated carbocycles. The third-order valence-electron chi connectivity index (χ3n) is 3.85. The summed E-state index contributed by atoms with van der Waals surface area (Å²) in [6.07, 6.45) is 1.77. The van der Waals surface area contributed by atoms with E-state index in [4.69, 9.17) is 9.84 Å². The molecule has 0 unspecified atom stereocenters. The first-order valence-electron chi connectivity index (χ1n) is 8.18. The summed E-state index contributed by atoms with van der Waals surface area (Å²) >= 11 is 1.57. The average Bonchev–Trinajstić information content (AvgIpc) is 3.10. The number of hydrogen-bond donors (Lipinski definition) is 1. The Morgan fingerprint density at radius 3 is 2.74 bits per heavy atom. The van der Waals surface area contributed by atoms with Crippen molar-refractivity contribution in [3.8, 4) is 11.4 Å². The fraction of sp³-hybridized carbons (Fsp3) is 0.211. The standard InChI is InChI=1S/C19H18FN3O3S/c1-12-3-4-15(8-17(12)20)23-9-14(21-22-23)11-27-16-5-6-18(13(2)7-16)26-10-19(24)25/h3-9H,10-11H2,1-2H3,(H,24,25). The zero-order chi connectivity index (χ0) is 19.4. The third-order valence-corrected chi connectivity index (χ3v) is 4.87. The highest BCUT2D eigenvalue weighted by molar-refractivity contribution is 7.98. The molecular weight excluding hydrogens is 369 g/mol. The topological polar surface area (TPSA) is 77.2 Å². The van der Waals surface area contributed by atoms with E-state index in [1.165, 1.54) is 6.07 Å². The van der Waals surface area contributed by atoms with Crippen LogP contribution in [-0.2, 0) is 10.5 Å². The van der Waals surface area contributed by atoms with E-state index in [9.17, 15) is 9.18 Å². The number of aromatic nitrogens is 3. The molecule has 3 aromatic rings. The molecule has 0 amide bonds. The normalized spacial score (nSPS) is 10.8. The summed E-state index contributed by atoms with van der Waals surface area (Å²) in [5, 5.41) is 16.9. The van der Waals surface area contributed by atoms with Crippen molar-refractivity contribution < 1.29 is 19.0 Å². The first kappa shape index (κ1) is 18.9. The maximum absolute atomic E-state index is 13.7. The van der Waals surface area contributed by atoms with Crippen LogP contribution in [0.2, 0.25) is 0 Å². The van der Waals surface area contributed by atoms with Crippen LogP contribution in [0.25, 0.3) is 5.69 Å². The number of rotatable bonds is 7. The number of aliphatic carboxylic acids is 1. The number of halogens is 1. The molecule has 0 bridgehead atoms. The van der Waals surface area contributed by atoms with Gasteiger partial charge < -0.3 is 9.84 Å². The molecule has 8 heteroatoms. The Labute approximate surface area is 160 Å². The molecule has 3 rings (SSSR count). The molecule has 1 heterocycles. The highest BCUT2D eigenvalue weighted by Gasteiger charge is 2.08. The molecule has 6 nitrogen and oxygen atoms in total. The molecule has 0 saturated heterocycles. The van der Waals surface area contributed by atoms with Crippen molar-refractivity contribution >= 4 is 17.7 Å². The van der Waals surface area contributed by atoms with Crippen molar-refractivity contribution in [3.05, 3.63) is 65.2 Å². The first-order chi connectivity index (χ1) is 12.9. The number of aryl methyl sites for hydroxylation is 2. The molecule has 27 heavy (non-hydrogen) atoms. The maximum Gasteiger partial charge on any atom is 0.341 e. The van der Waals surface area contributed by atoms with E-state index in [1.54, 1.807) is 47.8 Å². The zero-order valence-electron chi connectivity index (χ0n) is 14.8. The van der Waals surface area contributed by atoms with Crippen molar-refractivity contribution in [2.75, 3.05) is 6.61 Å². The van der Waals surface area contributed by atoms with Gasteiger partial charge in [0.15, 0.2) is 6.61 Å². The highest BCUT2D eigenvalue weighted by Crippen LogP contribution is 2.27. The molecule has 0 fully saturated rings. The number of nitrogens with zero attached hydrogens (tertiary/aromatic N) is 3. The largest absolute Gasteiger partial charge is 0.482 e. The van der Waals surface area contributed by atoms with Gasteiger partial charge in [0.05, 0.1) is 17.6 Å². The Kier molecular flexibility index (Phi) is 5.75. The zero-order valence-corrected chi connectivity index (χ0v) is 15.7. The van der Waals surface area contributed by atoms with E-state index in [1.807, 2.05) is 19.1 Å². The summed E-state index contributed by atoms with van der Waals surface area (Å²) < 4.78 is 20.5. The van der Waals surface area contributed by atoms with Crippen LogP contribution in [0, 0.1) is 19.7 Å². The molecule has 1 N–H and O–H groups in total. The highest BCUT2D eigenvalue weighted by atomic mass is 32.2. The van der Waals surface area contributed by atoms with Gasteiger partial charge in [0.25, 0.3) is 0 Å². The van der Waals surface area contributed by atoms with Crippen LogP contribution in [0.1, 0.15) is 16.8 Å². The molecule has 0 aliphatic rings. The molecule has 0 aliphatic carbocycles. The predicted octanol–water partition coefficient (Wildman–Crippen LogP) is 3.78. The summed E-state index contributed by atoms with van der Waals surface area (Å²) in [6.45, 7) is 3.21. The molecule has 0 spiro atoms. The number of carbonyl (C=O) groups is 1.